The van der Waals surface area contributed by atoms with Gasteiger partial charge in [-0.25, -0.2) is 13.6 Å². The number of amidine groups is 1. The van der Waals surface area contributed by atoms with Crippen molar-refractivity contribution >= 4 is 22.0 Å². The fourth-order valence-electron chi connectivity index (χ4n) is 3.73. The first-order chi connectivity index (χ1) is 18.7. The number of hydrogen-bond acceptors (Lipinski definition) is 10. The molecule has 2 atom stereocenters. The van der Waals surface area contributed by atoms with Gasteiger partial charge in [0.05, 0.1) is 39.2 Å². The van der Waals surface area contributed by atoms with Crippen LogP contribution in [-0.2, 0) is 30.5 Å². The number of ether oxygens (including phenoxy) is 3. The van der Waals surface area contributed by atoms with Gasteiger partial charge in [-0.2, -0.15) is 8.42 Å². The normalized spacial score (nSPS) is 16.9. The van der Waals surface area contributed by atoms with Crippen molar-refractivity contribution in [2.75, 3.05) is 39.2 Å². The van der Waals surface area contributed by atoms with Crippen molar-refractivity contribution in [2.45, 2.75) is 32.4 Å². The van der Waals surface area contributed by atoms with Gasteiger partial charge in [0.2, 0.25) is 0 Å². The molecule has 14 heteroatoms. The number of alkyl carbamates (subject to hydrolysis) is 1. The lowest BCUT2D eigenvalue weighted by Gasteiger charge is -2.24. The Kier molecular flexibility index (Phi) is 10.8. The molecule has 214 valence electrons. The highest BCUT2D eigenvalue weighted by Crippen LogP contribution is 2.32. The number of carbonyl (C=O) groups is 1. The lowest BCUT2D eigenvalue weighted by Crippen LogP contribution is -2.48. The van der Waals surface area contributed by atoms with Crippen molar-refractivity contribution in [3.05, 3.63) is 59.2 Å². The molecule has 1 heterocycles. The van der Waals surface area contributed by atoms with Gasteiger partial charge >= 0.3 is 6.09 Å². The third-order valence-electron chi connectivity index (χ3n) is 5.67. The maximum atomic E-state index is 15.0. The van der Waals surface area contributed by atoms with Gasteiger partial charge in [-0.15, -0.1) is 0 Å². The van der Waals surface area contributed by atoms with Crippen LogP contribution in [0.2, 0.25) is 0 Å². The van der Waals surface area contributed by atoms with Gasteiger partial charge < -0.3 is 19.5 Å². The fraction of sp³-hybridized carbons (Fsp3) is 0.440. The van der Waals surface area contributed by atoms with Crippen LogP contribution in [0.3, 0.4) is 0 Å². The van der Waals surface area contributed by atoms with E-state index >= 15 is 8.78 Å². The predicted octanol–water partition coefficient (Wildman–Crippen LogP) is 3.05. The van der Waals surface area contributed by atoms with Crippen LogP contribution in [0.1, 0.15) is 30.9 Å². The van der Waals surface area contributed by atoms with E-state index in [2.05, 4.69) is 15.8 Å². The molecule has 0 fully saturated rings. The summed E-state index contributed by atoms with van der Waals surface area (Å²) < 4.78 is 73.2. The van der Waals surface area contributed by atoms with Crippen molar-refractivity contribution in [2.24, 2.45) is 4.99 Å². The quantitative estimate of drug-likeness (QED) is 0.211. The standard InChI is InChI=1S/C25H31F2N3O8S/c1-4-35-18-12-20(26)22(21(27)13-18)19-14-28-24(30-37-10-11-38-39(32,33)5-2)23(19)29-25(31)36-15-16-6-8-17(34-3)9-7-16/h6-9,12-13,19,23H,4-5,10-11,14-15H2,1-3H3,(H,28,30)(H,29,31)/t19-,23-/m0/s1. The Bertz CT molecular complexity index is 1240. The smallest absolute Gasteiger partial charge is 0.408 e. The van der Waals surface area contributed by atoms with Crippen LogP contribution in [0.25, 0.3) is 0 Å². The average molecular weight is 572 g/mol. The number of methoxy groups -OCH3 is 1. The van der Waals surface area contributed by atoms with E-state index in [1.807, 2.05) is 0 Å². The number of halogens is 2. The number of hydrogen-bond donors (Lipinski definition) is 2. The van der Waals surface area contributed by atoms with Crippen LogP contribution in [0.4, 0.5) is 13.6 Å². The van der Waals surface area contributed by atoms with Crippen LogP contribution in [-0.4, -0.2) is 65.6 Å². The van der Waals surface area contributed by atoms with Crippen LogP contribution in [0.5, 0.6) is 11.5 Å². The maximum Gasteiger partial charge on any atom is 0.408 e. The molecule has 11 nitrogen and oxygen atoms in total. The van der Waals surface area contributed by atoms with Crippen LogP contribution in [0.15, 0.2) is 41.4 Å². The van der Waals surface area contributed by atoms with Gasteiger partial charge in [0.1, 0.15) is 41.6 Å². The summed E-state index contributed by atoms with van der Waals surface area (Å²) in [6.45, 7) is 2.73. The van der Waals surface area contributed by atoms with Gasteiger partial charge in [0.15, 0.2) is 0 Å². The molecule has 0 aliphatic carbocycles. The molecular weight excluding hydrogens is 540 g/mol. The molecular formula is C25H31F2N3O8S. The Morgan fingerprint density at radius 3 is 2.38 bits per heavy atom. The van der Waals surface area contributed by atoms with Gasteiger partial charge in [0.25, 0.3) is 10.1 Å². The van der Waals surface area contributed by atoms with Crippen molar-refractivity contribution in [1.29, 1.82) is 0 Å². The molecule has 0 saturated carbocycles. The summed E-state index contributed by atoms with van der Waals surface area (Å²) in [6.07, 6.45) is -0.860. The molecule has 1 amide bonds. The number of amides is 1. The van der Waals surface area contributed by atoms with Crippen LogP contribution < -0.4 is 20.3 Å². The lowest BCUT2D eigenvalue weighted by molar-refractivity contribution is 0.0589. The molecule has 0 aromatic heterocycles. The molecule has 2 aromatic rings. The first-order valence-corrected chi connectivity index (χ1v) is 13.7. The predicted molar refractivity (Wildman–Crippen MR) is 137 cm³/mol. The molecule has 0 radical (unpaired) electrons. The first kappa shape index (κ1) is 30.1. The first-order valence-electron chi connectivity index (χ1n) is 12.1. The summed E-state index contributed by atoms with van der Waals surface area (Å²) in [6, 6.07) is 7.93. The van der Waals surface area contributed by atoms with E-state index in [1.54, 1.807) is 31.2 Å². The zero-order valence-electron chi connectivity index (χ0n) is 21.7. The van der Waals surface area contributed by atoms with E-state index in [9.17, 15) is 13.2 Å². The minimum absolute atomic E-state index is 0.0299. The molecule has 0 unspecified atom stereocenters. The van der Waals surface area contributed by atoms with E-state index in [4.69, 9.17) is 23.2 Å². The summed E-state index contributed by atoms with van der Waals surface area (Å²) >= 11 is 0. The van der Waals surface area contributed by atoms with Gasteiger partial charge in [-0.3, -0.25) is 19.5 Å². The largest absolute Gasteiger partial charge is 0.497 e. The van der Waals surface area contributed by atoms with Crippen molar-refractivity contribution in [3.63, 3.8) is 0 Å². The number of nitrogens with zero attached hydrogens (tertiary/aromatic N) is 1. The zero-order chi connectivity index (χ0) is 28.4. The summed E-state index contributed by atoms with van der Waals surface area (Å²) in [5, 5.41) is 2.59. The number of aliphatic imine (C=N–C) groups is 1. The van der Waals surface area contributed by atoms with E-state index in [0.717, 1.165) is 12.1 Å². The van der Waals surface area contributed by atoms with Gasteiger partial charge in [-0.1, -0.05) is 12.1 Å². The topological polar surface area (TPSA) is 134 Å². The summed E-state index contributed by atoms with van der Waals surface area (Å²) in [5.74, 6) is -2.14. The monoisotopic (exact) mass is 571 g/mol. The van der Waals surface area contributed by atoms with Gasteiger partial charge in [-0.05, 0) is 31.5 Å². The Labute approximate surface area is 225 Å². The lowest BCUT2D eigenvalue weighted by atomic mass is 9.92. The fourth-order valence-corrected chi connectivity index (χ4v) is 4.22. The van der Waals surface area contributed by atoms with E-state index in [-0.39, 0.29) is 55.9 Å². The minimum Gasteiger partial charge on any atom is -0.497 e. The zero-order valence-corrected chi connectivity index (χ0v) is 22.6. The van der Waals surface area contributed by atoms with E-state index in [0.29, 0.717) is 11.3 Å². The van der Waals surface area contributed by atoms with Crippen molar-refractivity contribution in [3.8, 4) is 11.5 Å². The van der Waals surface area contributed by atoms with Gasteiger partial charge in [0, 0.05) is 23.6 Å². The van der Waals surface area contributed by atoms with Crippen LogP contribution >= 0.6 is 0 Å². The third kappa shape index (κ3) is 8.50. The molecule has 1 aliphatic rings. The Balaban J connectivity index is 1.71. The molecule has 0 spiro atoms. The number of nitrogens with one attached hydrogen (secondary N) is 2. The average Bonchev–Trinajstić information content (AvgIpc) is 3.28. The second-order valence-corrected chi connectivity index (χ2v) is 10.2. The molecule has 2 aromatic carbocycles. The maximum absolute atomic E-state index is 15.0. The van der Waals surface area contributed by atoms with E-state index < -0.39 is 39.8 Å². The third-order valence-corrected chi connectivity index (χ3v) is 6.90. The van der Waals surface area contributed by atoms with E-state index in [1.165, 1.54) is 14.0 Å². The minimum atomic E-state index is -3.65. The Hall–Kier alpha value is -3.49. The highest BCUT2D eigenvalue weighted by Gasteiger charge is 2.38. The Morgan fingerprint density at radius 1 is 1.08 bits per heavy atom. The second kappa shape index (κ2) is 14.1. The summed E-state index contributed by atoms with van der Waals surface area (Å²) in [4.78, 5) is 22.1. The summed E-state index contributed by atoms with van der Waals surface area (Å²) in [7, 11) is -2.12. The highest BCUT2D eigenvalue weighted by atomic mass is 32.2. The molecule has 3 rings (SSSR count). The van der Waals surface area contributed by atoms with Crippen molar-refractivity contribution in [1.82, 2.24) is 10.8 Å². The number of carbonyl (C=O) groups excluding carboxylic acids is 1. The Morgan fingerprint density at radius 2 is 1.77 bits per heavy atom. The van der Waals surface area contributed by atoms with Crippen molar-refractivity contribution < 1.29 is 45.2 Å². The molecule has 0 bridgehead atoms. The van der Waals surface area contributed by atoms with Crippen LogP contribution in [0, 0.1) is 11.6 Å². The number of rotatable bonds is 13. The summed E-state index contributed by atoms with van der Waals surface area (Å²) in [5.41, 5.74) is 2.91. The molecule has 0 saturated heterocycles. The molecule has 39 heavy (non-hydrogen) atoms. The SMILES string of the molecule is CCOc1cc(F)c([C@@H]2CN=C(NOCCOS(=O)(=O)CC)[C@H]2NC(=O)OCc2ccc(OC)cc2)c(F)c1. The molecule has 1 aliphatic heterocycles. The number of benzene rings is 2. The molecule has 2 N–H and O–H groups in total. The second-order valence-electron chi connectivity index (χ2n) is 8.23. The number of hydroxylamine groups is 1. The highest BCUT2D eigenvalue weighted by molar-refractivity contribution is 7.86.